The number of amides is 2. The van der Waals surface area contributed by atoms with Crippen LogP contribution >= 0.6 is 0 Å². The third kappa shape index (κ3) is 3.56. The molecule has 2 aromatic rings. The van der Waals surface area contributed by atoms with Crippen LogP contribution in [0.15, 0.2) is 36.4 Å². The lowest BCUT2D eigenvalue weighted by atomic mass is 9.99. The Morgan fingerprint density at radius 1 is 1.40 bits per heavy atom. The lowest BCUT2D eigenvalue weighted by Crippen LogP contribution is -2.42. The molecule has 1 heterocycles. The molecule has 0 bridgehead atoms. The van der Waals surface area contributed by atoms with Gasteiger partial charge in [0.25, 0.3) is 0 Å². The summed E-state index contributed by atoms with van der Waals surface area (Å²) in [6, 6.07) is 11.6. The number of nitriles is 1. The van der Waals surface area contributed by atoms with Gasteiger partial charge in [-0.3, -0.25) is 0 Å². The van der Waals surface area contributed by atoms with E-state index in [1.807, 2.05) is 24.3 Å². The van der Waals surface area contributed by atoms with Crippen LogP contribution < -0.4 is 10.1 Å². The van der Waals surface area contributed by atoms with Gasteiger partial charge in [0, 0.05) is 30.8 Å². The van der Waals surface area contributed by atoms with Crippen molar-refractivity contribution in [2.75, 3.05) is 13.7 Å². The van der Waals surface area contributed by atoms with Gasteiger partial charge in [0.05, 0.1) is 18.7 Å². The van der Waals surface area contributed by atoms with Gasteiger partial charge in [-0.25, -0.2) is 9.18 Å². The molecule has 1 N–H and O–H groups in total. The average molecular weight is 339 g/mol. The molecule has 0 aliphatic carbocycles. The van der Waals surface area contributed by atoms with E-state index in [-0.39, 0.29) is 12.6 Å². The van der Waals surface area contributed by atoms with Crippen LogP contribution in [-0.2, 0) is 19.5 Å². The second-order valence-corrected chi connectivity index (χ2v) is 5.85. The van der Waals surface area contributed by atoms with E-state index in [0.29, 0.717) is 30.6 Å². The third-order valence-corrected chi connectivity index (χ3v) is 4.33. The minimum absolute atomic E-state index is 0.0433. The first-order valence-corrected chi connectivity index (χ1v) is 7.98. The van der Waals surface area contributed by atoms with Crippen molar-refractivity contribution in [1.29, 1.82) is 5.26 Å². The molecule has 6 heteroatoms. The summed E-state index contributed by atoms with van der Waals surface area (Å²) in [6.07, 6.45) is 0.713. The van der Waals surface area contributed by atoms with Gasteiger partial charge in [-0.15, -0.1) is 0 Å². The highest BCUT2D eigenvalue weighted by atomic mass is 19.1. The number of nitrogens with one attached hydrogen (secondary N) is 1. The summed E-state index contributed by atoms with van der Waals surface area (Å²) in [7, 11) is 1.64. The minimum Gasteiger partial charge on any atom is -0.496 e. The maximum absolute atomic E-state index is 13.8. The molecule has 0 spiro atoms. The molecule has 0 atom stereocenters. The van der Waals surface area contributed by atoms with Gasteiger partial charge in [0.1, 0.15) is 11.6 Å². The van der Waals surface area contributed by atoms with Crippen molar-refractivity contribution in [3.8, 4) is 11.8 Å². The fraction of sp³-hybridized carbons (Fsp3) is 0.263. The summed E-state index contributed by atoms with van der Waals surface area (Å²) in [5, 5.41) is 11.6. The first-order chi connectivity index (χ1) is 12.1. The second-order valence-electron chi connectivity index (χ2n) is 5.85. The van der Waals surface area contributed by atoms with E-state index in [4.69, 9.17) is 10.00 Å². The van der Waals surface area contributed by atoms with E-state index in [0.717, 1.165) is 16.9 Å². The number of rotatable bonds is 3. The Balaban J connectivity index is 1.66. The van der Waals surface area contributed by atoms with E-state index in [1.165, 1.54) is 18.2 Å². The molecule has 0 radical (unpaired) electrons. The molecule has 0 unspecified atom stereocenters. The molecular weight excluding hydrogens is 321 g/mol. The standard InChI is InChI=1S/C19H18FN3O2/c1-25-18-4-2-3-14-12-23(8-7-16(14)18)19(24)22-11-15-9-13(10-21)5-6-17(15)20/h2-6,9H,7-8,11-12H2,1H3,(H,22,24). The summed E-state index contributed by atoms with van der Waals surface area (Å²) in [5.41, 5.74) is 2.84. The van der Waals surface area contributed by atoms with Gasteiger partial charge in [-0.05, 0) is 36.2 Å². The molecule has 0 saturated carbocycles. The van der Waals surface area contributed by atoms with Crippen molar-refractivity contribution < 1.29 is 13.9 Å². The van der Waals surface area contributed by atoms with Gasteiger partial charge < -0.3 is 15.0 Å². The van der Waals surface area contributed by atoms with Gasteiger partial charge in [0.15, 0.2) is 0 Å². The van der Waals surface area contributed by atoms with Crippen molar-refractivity contribution >= 4 is 6.03 Å². The molecule has 1 aliphatic rings. The summed E-state index contributed by atoms with van der Waals surface area (Å²) in [5.74, 6) is 0.404. The van der Waals surface area contributed by atoms with Crippen LogP contribution in [-0.4, -0.2) is 24.6 Å². The Morgan fingerprint density at radius 2 is 2.24 bits per heavy atom. The van der Waals surface area contributed by atoms with Gasteiger partial charge in [-0.1, -0.05) is 12.1 Å². The smallest absolute Gasteiger partial charge is 0.317 e. The van der Waals surface area contributed by atoms with Crippen LogP contribution in [0.4, 0.5) is 9.18 Å². The number of fused-ring (bicyclic) bond motifs is 1. The van der Waals surface area contributed by atoms with Crippen molar-refractivity contribution in [3.63, 3.8) is 0 Å². The van der Waals surface area contributed by atoms with Crippen LogP contribution in [0.2, 0.25) is 0 Å². The summed E-state index contributed by atoms with van der Waals surface area (Å²) in [6.45, 7) is 1.10. The fourth-order valence-corrected chi connectivity index (χ4v) is 3.00. The van der Waals surface area contributed by atoms with Gasteiger partial charge in [-0.2, -0.15) is 5.26 Å². The molecular formula is C19H18FN3O2. The maximum atomic E-state index is 13.8. The zero-order chi connectivity index (χ0) is 17.8. The zero-order valence-corrected chi connectivity index (χ0v) is 13.9. The minimum atomic E-state index is -0.437. The van der Waals surface area contributed by atoms with Crippen LogP contribution in [0, 0.1) is 17.1 Å². The Kier molecular flexibility index (Phi) is 4.85. The lowest BCUT2D eigenvalue weighted by Gasteiger charge is -2.29. The van der Waals surface area contributed by atoms with E-state index in [9.17, 15) is 9.18 Å². The van der Waals surface area contributed by atoms with Crippen LogP contribution in [0.5, 0.6) is 5.75 Å². The number of benzene rings is 2. The molecule has 2 aromatic carbocycles. The fourth-order valence-electron chi connectivity index (χ4n) is 3.00. The number of carbonyl (C=O) groups is 1. The molecule has 3 rings (SSSR count). The number of methoxy groups -OCH3 is 1. The summed E-state index contributed by atoms with van der Waals surface area (Å²) in [4.78, 5) is 14.1. The number of ether oxygens (including phenoxy) is 1. The normalized spacial score (nSPS) is 12.9. The molecule has 128 valence electrons. The Bertz CT molecular complexity index is 845. The van der Waals surface area contributed by atoms with Crippen molar-refractivity contribution in [1.82, 2.24) is 10.2 Å². The predicted octanol–water partition coefficient (Wildman–Crippen LogP) is 2.97. The zero-order valence-electron chi connectivity index (χ0n) is 13.9. The highest BCUT2D eigenvalue weighted by molar-refractivity contribution is 5.74. The molecule has 2 amide bonds. The highest BCUT2D eigenvalue weighted by Gasteiger charge is 2.22. The predicted molar refractivity (Wildman–Crippen MR) is 90.5 cm³/mol. The van der Waals surface area contributed by atoms with E-state index < -0.39 is 5.82 Å². The molecule has 0 saturated heterocycles. The van der Waals surface area contributed by atoms with Crippen LogP contribution in [0.25, 0.3) is 0 Å². The quantitative estimate of drug-likeness (QED) is 0.935. The average Bonchev–Trinajstić information content (AvgIpc) is 2.66. The number of hydrogen-bond acceptors (Lipinski definition) is 3. The highest BCUT2D eigenvalue weighted by Crippen LogP contribution is 2.27. The maximum Gasteiger partial charge on any atom is 0.317 e. The number of carbonyl (C=O) groups excluding carboxylic acids is 1. The first kappa shape index (κ1) is 16.8. The second kappa shape index (κ2) is 7.22. The molecule has 0 aromatic heterocycles. The first-order valence-electron chi connectivity index (χ1n) is 7.98. The molecule has 25 heavy (non-hydrogen) atoms. The summed E-state index contributed by atoms with van der Waals surface area (Å²) >= 11 is 0. The van der Waals surface area contributed by atoms with Gasteiger partial charge in [0.2, 0.25) is 0 Å². The van der Waals surface area contributed by atoms with Crippen molar-refractivity contribution in [3.05, 3.63) is 64.5 Å². The monoisotopic (exact) mass is 339 g/mol. The Hall–Kier alpha value is -3.07. The Labute approximate surface area is 145 Å². The lowest BCUT2D eigenvalue weighted by molar-refractivity contribution is 0.191. The van der Waals surface area contributed by atoms with Gasteiger partial charge >= 0.3 is 6.03 Å². The molecule has 0 fully saturated rings. The van der Waals surface area contributed by atoms with Crippen LogP contribution in [0.3, 0.4) is 0 Å². The Morgan fingerprint density at radius 3 is 3.00 bits per heavy atom. The number of nitrogens with zero attached hydrogens (tertiary/aromatic N) is 2. The van der Waals surface area contributed by atoms with Crippen molar-refractivity contribution in [2.45, 2.75) is 19.5 Å². The number of halogens is 1. The van der Waals surface area contributed by atoms with E-state index >= 15 is 0 Å². The number of urea groups is 1. The van der Waals surface area contributed by atoms with E-state index in [1.54, 1.807) is 12.0 Å². The topological polar surface area (TPSA) is 65.4 Å². The SMILES string of the molecule is COc1cccc2c1CCN(C(=O)NCc1cc(C#N)ccc1F)C2. The van der Waals surface area contributed by atoms with Crippen LogP contribution in [0.1, 0.15) is 22.3 Å². The third-order valence-electron chi connectivity index (χ3n) is 4.33. The van der Waals surface area contributed by atoms with E-state index in [2.05, 4.69) is 5.32 Å². The molecule has 1 aliphatic heterocycles. The molecule has 5 nitrogen and oxygen atoms in total. The summed E-state index contributed by atoms with van der Waals surface area (Å²) < 4.78 is 19.2. The number of hydrogen-bond donors (Lipinski definition) is 1. The van der Waals surface area contributed by atoms with Crippen molar-refractivity contribution in [2.24, 2.45) is 0 Å². The largest absolute Gasteiger partial charge is 0.496 e.